The topological polar surface area (TPSA) is 47.1 Å². The maximum atomic E-state index is 5.34. The van der Waals surface area contributed by atoms with Gasteiger partial charge in [0.25, 0.3) is 0 Å². The third-order valence-corrected chi connectivity index (χ3v) is 4.07. The molecule has 20 heavy (non-hydrogen) atoms. The number of piperidine rings is 1. The van der Waals surface area contributed by atoms with Crippen LogP contribution in [0.3, 0.4) is 0 Å². The van der Waals surface area contributed by atoms with Crippen LogP contribution < -0.4 is 0 Å². The smallest absolute Gasteiger partial charge is 0.228 e. The number of aryl methyl sites for hydroxylation is 2. The average molecular weight is 274 g/mol. The van der Waals surface area contributed by atoms with Crippen LogP contribution in [-0.2, 0) is 19.4 Å². The van der Waals surface area contributed by atoms with Crippen molar-refractivity contribution in [2.24, 2.45) is 5.92 Å². The zero-order valence-electron chi connectivity index (χ0n) is 12.0. The van der Waals surface area contributed by atoms with Crippen LogP contribution in [0.1, 0.15) is 24.6 Å². The molecule has 0 bridgehead atoms. The fraction of sp³-hybridized carbons (Fsp3) is 0.600. The van der Waals surface area contributed by atoms with Gasteiger partial charge in [0.05, 0.1) is 0 Å². The molecule has 0 N–H and O–H groups in total. The Morgan fingerprint density at radius 1 is 1.25 bits per heavy atom. The van der Waals surface area contributed by atoms with Crippen LogP contribution in [0.4, 0.5) is 0 Å². The summed E-state index contributed by atoms with van der Waals surface area (Å²) >= 11 is 0. The number of hydrogen-bond donors (Lipinski definition) is 0. The zero-order chi connectivity index (χ0) is 13.8. The van der Waals surface area contributed by atoms with E-state index in [1.807, 2.05) is 12.1 Å². The van der Waals surface area contributed by atoms with Crippen molar-refractivity contribution in [1.29, 1.82) is 0 Å². The van der Waals surface area contributed by atoms with E-state index in [4.69, 9.17) is 4.52 Å². The fourth-order valence-corrected chi connectivity index (χ4v) is 2.74. The van der Waals surface area contributed by atoms with Gasteiger partial charge in [0.1, 0.15) is 0 Å². The zero-order valence-corrected chi connectivity index (χ0v) is 12.0. The largest absolute Gasteiger partial charge is 0.354 e. The maximum absolute atomic E-state index is 5.34. The number of hydrogen-bond acceptors (Lipinski definition) is 4. The first-order valence-electron chi connectivity index (χ1n) is 7.40. The number of rotatable bonds is 5. The van der Waals surface area contributed by atoms with E-state index in [2.05, 4.69) is 39.0 Å². The predicted molar refractivity (Wildman–Crippen MR) is 76.4 cm³/mol. The summed E-state index contributed by atoms with van der Waals surface area (Å²) in [6.07, 6.45) is 8.34. The molecule has 2 aromatic rings. The highest BCUT2D eigenvalue weighted by atomic mass is 16.5. The third-order valence-electron chi connectivity index (χ3n) is 4.07. The standard InChI is InChI=1S/C15H22N4O/c1-18-9-4-13(5-10-18)12-14-16-15(20-17-14)6-11-19-7-2-3-8-19/h2-3,7-8,13H,4-6,9-12H2,1H3. The Morgan fingerprint density at radius 3 is 2.75 bits per heavy atom. The molecule has 0 unspecified atom stereocenters. The Labute approximate surface area is 119 Å². The van der Waals surface area contributed by atoms with Crippen molar-refractivity contribution in [1.82, 2.24) is 19.6 Å². The lowest BCUT2D eigenvalue weighted by Crippen LogP contribution is -2.31. The van der Waals surface area contributed by atoms with E-state index in [0.29, 0.717) is 5.92 Å². The number of likely N-dealkylation sites (tertiary alicyclic amines) is 1. The van der Waals surface area contributed by atoms with Crippen molar-refractivity contribution in [3.63, 3.8) is 0 Å². The molecular weight excluding hydrogens is 252 g/mol. The Hall–Kier alpha value is -1.62. The van der Waals surface area contributed by atoms with Crippen LogP contribution in [0.5, 0.6) is 0 Å². The van der Waals surface area contributed by atoms with Gasteiger partial charge in [-0.3, -0.25) is 0 Å². The molecule has 1 aliphatic heterocycles. The van der Waals surface area contributed by atoms with Crippen LogP contribution in [-0.4, -0.2) is 39.7 Å². The van der Waals surface area contributed by atoms with Crippen molar-refractivity contribution in [2.45, 2.75) is 32.2 Å². The Kier molecular flexibility index (Phi) is 4.16. The van der Waals surface area contributed by atoms with Crippen molar-refractivity contribution >= 4 is 0 Å². The first-order valence-corrected chi connectivity index (χ1v) is 7.40. The van der Waals surface area contributed by atoms with Crippen LogP contribution in [0.15, 0.2) is 29.0 Å². The second kappa shape index (κ2) is 6.22. The van der Waals surface area contributed by atoms with Gasteiger partial charge in [0.2, 0.25) is 5.89 Å². The molecule has 3 heterocycles. The summed E-state index contributed by atoms with van der Waals surface area (Å²) in [6, 6.07) is 4.05. The number of nitrogens with zero attached hydrogens (tertiary/aromatic N) is 4. The van der Waals surface area contributed by atoms with Gasteiger partial charge < -0.3 is 14.0 Å². The molecule has 0 amide bonds. The Bertz CT molecular complexity index is 512. The van der Waals surface area contributed by atoms with E-state index in [0.717, 1.165) is 31.1 Å². The summed E-state index contributed by atoms with van der Waals surface area (Å²) in [5.41, 5.74) is 0. The molecule has 1 saturated heterocycles. The third kappa shape index (κ3) is 3.48. The molecule has 0 saturated carbocycles. The first-order chi connectivity index (χ1) is 9.79. The van der Waals surface area contributed by atoms with E-state index in [9.17, 15) is 0 Å². The van der Waals surface area contributed by atoms with E-state index >= 15 is 0 Å². The average Bonchev–Trinajstić information content (AvgIpc) is 3.10. The van der Waals surface area contributed by atoms with Crippen LogP contribution >= 0.6 is 0 Å². The molecule has 108 valence electrons. The van der Waals surface area contributed by atoms with Gasteiger partial charge in [-0.15, -0.1) is 0 Å². The SMILES string of the molecule is CN1CCC(Cc2noc(CCn3cccc3)n2)CC1. The first kappa shape index (κ1) is 13.4. The summed E-state index contributed by atoms with van der Waals surface area (Å²) in [4.78, 5) is 6.90. The highest BCUT2D eigenvalue weighted by Crippen LogP contribution is 2.19. The van der Waals surface area contributed by atoms with Gasteiger partial charge >= 0.3 is 0 Å². The lowest BCUT2D eigenvalue weighted by atomic mass is 9.94. The normalized spacial score (nSPS) is 17.6. The highest BCUT2D eigenvalue weighted by Gasteiger charge is 2.19. The molecule has 2 aromatic heterocycles. The molecular formula is C15H22N4O. The van der Waals surface area contributed by atoms with E-state index < -0.39 is 0 Å². The molecule has 0 spiro atoms. The Balaban J connectivity index is 1.49. The van der Waals surface area contributed by atoms with Crippen molar-refractivity contribution < 1.29 is 4.52 Å². The minimum absolute atomic E-state index is 0.709. The molecule has 0 aliphatic carbocycles. The van der Waals surface area contributed by atoms with Crippen molar-refractivity contribution in [3.05, 3.63) is 36.2 Å². The summed E-state index contributed by atoms with van der Waals surface area (Å²) in [7, 11) is 2.18. The molecule has 5 heteroatoms. The molecule has 5 nitrogen and oxygen atoms in total. The van der Waals surface area contributed by atoms with Gasteiger partial charge in [0, 0.05) is 31.8 Å². The van der Waals surface area contributed by atoms with Crippen LogP contribution in [0.2, 0.25) is 0 Å². The van der Waals surface area contributed by atoms with Gasteiger partial charge in [-0.05, 0) is 51.0 Å². The molecule has 0 atom stereocenters. The van der Waals surface area contributed by atoms with Gasteiger partial charge in [-0.1, -0.05) is 5.16 Å². The van der Waals surface area contributed by atoms with Crippen molar-refractivity contribution in [3.8, 4) is 0 Å². The highest BCUT2D eigenvalue weighted by molar-refractivity contribution is 4.93. The molecule has 0 radical (unpaired) electrons. The fourth-order valence-electron chi connectivity index (χ4n) is 2.74. The molecule has 0 aromatic carbocycles. The second-order valence-corrected chi connectivity index (χ2v) is 5.73. The van der Waals surface area contributed by atoms with Crippen molar-refractivity contribution in [2.75, 3.05) is 20.1 Å². The summed E-state index contributed by atoms with van der Waals surface area (Å²) in [5, 5.41) is 4.12. The second-order valence-electron chi connectivity index (χ2n) is 5.73. The lowest BCUT2D eigenvalue weighted by molar-refractivity contribution is 0.216. The lowest BCUT2D eigenvalue weighted by Gasteiger charge is -2.27. The van der Waals surface area contributed by atoms with E-state index in [-0.39, 0.29) is 0 Å². The van der Waals surface area contributed by atoms with Gasteiger partial charge in [-0.25, -0.2) is 0 Å². The molecule has 3 rings (SSSR count). The molecule has 1 aliphatic rings. The van der Waals surface area contributed by atoms with Gasteiger partial charge in [0.15, 0.2) is 5.82 Å². The minimum Gasteiger partial charge on any atom is -0.354 e. The minimum atomic E-state index is 0.709. The van der Waals surface area contributed by atoms with Crippen LogP contribution in [0.25, 0.3) is 0 Å². The van der Waals surface area contributed by atoms with Crippen LogP contribution in [0, 0.1) is 5.92 Å². The molecule has 1 fully saturated rings. The monoisotopic (exact) mass is 274 g/mol. The summed E-state index contributed by atoms with van der Waals surface area (Å²) in [6.45, 7) is 3.26. The number of aromatic nitrogens is 3. The predicted octanol–water partition coefficient (Wildman–Crippen LogP) is 2.00. The van der Waals surface area contributed by atoms with E-state index in [1.165, 1.54) is 25.9 Å². The Morgan fingerprint density at radius 2 is 2.00 bits per heavy atom. The summed E-state index contributed by atoms with van der Waals surface area (Å²) < 4.78 is 7.47. The maximum Gasteiger partial charge on any atom is 0.228 e. The van der Waals surface area contributed by atoms with Gasteiger partial charge in [-0.2, -0.15) is 4.98 Å². The quantitative estimate of drug-likeness (QED) is 0.836. The summed E-state index contributed by atoms with van der Waals surface area (Å²) in [5.74, 6) is 2.34. The van der Waals surface area contributed by atoms with E-state index in [1.54, 1.807) is 0 Å².